The molecule has 3 aromatic rings. The molecule has 1 unspecified atom stereocenters. The molecule has 1 aromatic heterocycles. The molecule has 0 bridgehead atoms. The molecule has 2 aromatic carbocycles. The molecule has 0 fully saturated rings. The van der Waals surface area contributed by atoms with Crippen LogP contribution in [0.3, 0.4) is 0 Å². The molecular formula is C27H29NO4. The van der Waals surface area contributed by atoms with Crippen LogP contribution in [-0.4, -0.2) is 24.3 Å². The third kappa shape index (κ3) is 3.83. The van der Waals surface area contributed by atoms with Gasteiger partial charge >= 0.3 is 5.97 Å². The first-order chi connectivity index (χ1) is 15.2. The second-order valence-electron chi connectivity index (χ2n) is 9.23. The minimum absolute atomic E-state index is 0.0656. The van der Waals surface area contributed by atoms with Gasteiger partial charge in [-0.1, -0.05) is 51.1 Å². The smallest absolute Gasteiger partial charge is 0.343 e. The SMILES string of the molecule is CCOC(=O)c1cn2c(cc1=O)-c1cc(OC)c(-c3ccccc3)cc1CC2C(C)(C)C. The summed E-state index contributed by atoms with van der Waals surface area (Å²) in [5, 5.41) is 0. The summed E-state index contributed by atoms with van der Waals surface area (Å²) in [5.41, 5.74) is 4.66. The Kier molecular flexibility index (Phi) is 5.68. The third-order valence-corrected chi connectivity index (χ3v) is 6.11. The molecule has 0 saturated heterocycles. The Bertz CT molecular complexity index is 1220. The molecule has 0 amide bonds. The molecule has 0 saturated carbocycles. The number of aromatic nitrogens is 1. The van der Waals surface area contributed by atoms with Gasteiger partial charge in [-0.15, -0.1) is 0 Å². The number of nitrogens with zero attached hydrogens (tertiary/aromatic N) is 1. The Hall–Kier alpha value is -3.34. The lowest BCUT2D eigenvalue weighted by atomic mass is 9.78. The number of rotatable bonds is 4. The first kappa shape index (κ1) is 21.9. The lowest BCUT2D eigenvalue weighted by molar-refractivity contribution is 0.0523. The highest BCUT2D eigenvalue weighted by atomic mass is 16.5. The van der Waals surface area contributed by atoms with E-state index in [2.05, 4.69) is 43.5 Å². The van der Waals surface area contributed by atoms with Gasteiger partial charge in [0.2, 0.25) is 0 Å². The first-order valence-corrected chi connectivity index (χ1v) is 10.9. The Morgan fingerprint density at radius 1 is 1.09 bits per heavy atom. The summed E-state index contributed by atoms with van der Waals surface area (Å²) in [6.07, 6.45) is 2.45. The number of fused-ring (bicyclic) bond motifs is 3. The highest BCUT2D eigenvalue weighted by molar-refractivity contribution is 5.89. The van der Waals surface area contributed by atoms with Gasteiger partial charge in [0, 0.05) is 29.4 Å². The van der Waals surface area contributed by atoms with Gasteiger partial charge in [0.15, 0.2) is 5.43 Å². The van der Waals surface area contributed by atoms with Gasteiger partial charge in [-0.25, -0.2) is 4.79 Å². The maximum Gasteiger partial charge on any atom is 0.343 e. The maximum absolute atomic E-state index is 12.9. The number of methoxy groups -OCH3 is 1. The standard InChI is InChI=1S/C27H29NO4/c1-6-32-26(30)21-16-28-22(15-23(21)29)19-14-24(31-5)20(17-10-8-7-9-11-17)12-18(19)13-25(28)27(2,3)4/h7-12,14-16,25H,6,13H2,1-5H3. The van der Waals surface area contributed by atoms with Gasteiger partial charge < -0.3 is 14.0 Å². The molecule has 4 rings (SSSR count). The molecule has 2 heterocycles. The fourth-order valence-corrected chi connectivity index (χ4v) is 4.46. The van der Waals surface area contributed by atoms with Crippen molar-refractivity contribution in [1.29, 1.82) is 0 Å². The molecule has 1 aliphatic heterocycles. The van der Waals surface area contributed by atoms with Crippen LogP contribution in [-0.2, 0) is 11.2 Å². The zero-order chi connectivity index (χ0) is 23.0. The summed E-state index contributed by atoms with van der Waals surface area (Å²) in [7, 11) is 1.66. The van der Waals surface area contributed by atoms with Crippen LogP contribution in [0.4, 0.5) is 0 Å². The lowest BCUT2D eigenvalue weighted by Gasteiger charge is -2.39. The summed E-state index contributed by atoms with van der Waals surface area (Å²) in [4.78, 5) is 25.3. The van der Waals surface area contributed by atoms with E-state index in [0.717, 1.165) is 40.1 Å². The molecule has 0 spiro atoms. The quantitative estimate of drug-likeness (QED) is 0.511. The van der Waals surface area contributed by atoms with Gasteiger partial charge in [0.1, 0.15) is 11.3 Å². The predicted molar refractivity (Wildman–Crippen MR) is 126 cm³/mol. The fraction of sp³-hybridized carbons (Fsp3) is 0.333. The van der Waals surface area contributed by atoms with Gasteiger partial charge in [0.05, 0.1) is 19.4 Å². The van der Waals surface area contributed by atoms with E-state index in [-0.39, 0.29) is 29.1 Å². The number of carbonyl (C=O) groups excluding carboxylic acids is 1. The Balaban J connectivity index is 1.96. The van der Waals surface area contributed by atoms with Crippen molar-refractivity contribution in [2.45, 2.75) is 40.2 Å². The van der Waals surface area contributed by atoms with Crippen LogP contribution in [0.25, 0.3) is 22.4 Å². The van der Waals surface area contributed by atoms with Crippen molar-refractivity contribution < 1.29 is 14.3 Å². The Morgan fingerprint density at radius 3 is 2.44 bits per heavy atom. The van der Waals surface area contributed by atoms with Crippen LogP contribution < -0.4 is 10.2 Å². The maximum atomic E-state index is 12.9. The Morgan fingerprint density at radius 2 is 1.81 bits per heavy atom. The Labute approximate surface area is 188 Å². The number of carbonyl (C=O) groups is 1. The molecule has 0 aliphatic carbocycles. The summed E-state index contributed by atoms with van der Waals surface area (Å²) in [6, 6.07) is 16.0. The van der Waals surface area contributed by atoms with Crippen molar-refractivity contribution >= 4 is 5.97 Å². The topological polar surface area (TPSA) is 57.5 Å². The molecular weight excluding hydrogens is 402 g/mol. The van der Waals surface area contributed by atoms with E-state index in [1.807, 2.05) is 24.3 Å². The average molecular weight is 432 g/mol. The zero-order valence-corrected chi connectivity index (χ0v) is 19.3. The number of hydrogen-bond donors (Lipinski definition) is 0. The van der Waals surface area contributed by atoms with E-state index in [1.165, 1.54) is 0 Å². The fourth-order valence-electron chi connectivity index (χ4n) is 4.46. The van der Waals surface area contributed by atoms with Crippen LogP contribution in [0.2, 0.25) is 0 Å². The summed E-state index contributed by atoms with van der Waals surface area (Å²) >= 11 is 0. The van der Waals surface area contributed by atoms with Gasteiger partial charge in [-0.2, -0.15) is 0 Å². The van der Waals surface area contributed by atoms with E-state index in [1.54, 1.807) is 26.3 Å². The van der Waals surface area contributed by atoms with Crippen molar-refractivity contribution in [3.05, 3.63) is 76.1 Å². The highest BCUT2D eigenvalue weighted by Crippen LogP contribution is 2.45. The molecule has 166 valence electrons. The van der Waals surface area contributed by atoms with Crippen LogP contribution in [0.1, 0.15) is 49.7 Å². The number of pyridine rings is 1. The second kappa shape index (κ2) is 8.30. The van der Waals surface area contributed by atoms with E-state index in [4.69, 9.17) is 9.47 Å². The van der Waals surface area contributed by atoms with Gasteiger partial charge in [-0.05, 0) is 42.0 Å². The van der Waals surface area contributed by atoms with Crippen molar-refractivity contribution in [1.82, 2.24) is 4.57 Å². The summed E-state index contributed by atoms with van der Waals surface area (Å²) in [6.45, 7) is 8.49. The van der Waals surface area contributed by atoms with Crippen molar-refractivity contribution in [2.24, 2.45) is 5.41 Å². The molecule has 5 nitrogen and oxygen atoms in total. The number of ether oxygens (including phenoxy) is 2. The minimum atomic E-state index is -0.580. The van der Waals surface area contributed by atoms with Crippen LogP contribution >= 0.6 is 0 Å². The van der Waals surface area contributed by atoms with E-state index >= 15 is 0 Å². The average Bonchev–Trinajstić information content (AvgIpc) is 2.77. The van der Waals surface area contributed by atoms with Crippen LogP contribution in [0.5, 0.6) is 5.75 Å². The number of esters is 1. The van der Waals surface area contributed by atoms with Gasteiger partial charge in [-0.3, -0.25) is 4.79 Å². The minimum Gasteiger partial charge on any atom is -0.496 e. The van der Waals surface area contributed by atoms with E-state index in [0.29, 0.717) is 0 Å². The molecule has 0 radical (unpaired) electrons. The predicted octanol–water partition coefficient (Wildman–Crippen LogP) is 5.51. The summed E-state index contributed by atoms with van der Waals surface area (Å²) < 4.78 is 12.9. The van der Waals surface area contributed by atoms with Crippen molar-refractivity contribution in [2.75, 3.05) is 13.7 Å². The zero-order valence-electron chi connectivity index (χ0n) is 19.3. The molecule has 5 heteroatoms. The third-order valence-electron chi connectivity index (χ3n) is 6.11. The molecule has 32 heavy (non-hydrogen) atoms. The molecule has 1 aliphatic rings. The second-order valence-corrected chi connectivity index (χ2v) is 9.23. The van der Waals surface area contributed by atoms with Gasteiger partial charge in [0.25, 0.3) is 0 Å². The van der Waals surface area contributed by atoms with Crippen LogP contribution in [0, 0.1) is 5.41 Å². The number of benzene rings is 2. The summed E-state index contributed by atoms with van der Waals surface area (Å²) in [5.74, 6) is 0.167. The lowest BCUT2D eigenvalue weighted by Crippen LogP contribution is -2.33. The first-order valence-electron chi connectivity index (χ1n) is 10.9. The highest BCUT2D eigenvalue weighted by Gasteiger charge is 2.34. The monoisotopic (exact) mass is 431 g/mol. The molecule has 0 N–H and O–H groups in total. The van der Waals surface area contributed by atoms with E-state index in [9.17, 15) is 9.59 Å². The van der Waals surface area contributed by atoms with Crippen molar-refractivity contribution in [3.63, 3.8) is 0 Å². The largest absolute Gasteiger partial charge is 0.496 e. The van der Waals surface area contributed by atoms with E-state index < -0.39 is 5.97 Å². The van der Waals surface area contributed by atoms with Crippen molar-refractivity contribution in [3.8, 4) is 28.1 Å². The van der Waals surface area contributed by atoms with Crippen LogP contribution in [0.15, 0.2) is 59.5 Å². The normalized spacial score (nSPS) is 15.0. The molecule has 1 atom stereocenters. The number of hydrogen-bond acceptors (Lipinski definition) is 4.